The minimum atomic E-state index is -1.07. The van der Waals surface area contributed by atoms with Crippen LogP contribution in [0.3, 0.4) is 0 Å². The van der Waals surface area contributed by atoms with Gasteiger partial charge in [0.1, 0.15) is 0 Å². The van der Waals surface area contributed by atoms with Crippen LogP contribution in [0.1, 0.15) is 15.9 Å². The SMILES string of the molecule is Cc1ccccc1NC(=O)N(C)c1ccccc1C(=O)O. The summed E-state index contributed by atoms with van der Waals surface area (Å²) < 4.78 is 0. The Labute approximate surface area is 122 Å². The zero-order valence-electron chi connectivity index (χ0n) is 11.8. The van der Waals surface area contributed by atoms with E-state index in [1.807, 2.05) is 25.1 Å². The van der Waals surface area contributed by atoms with Crippen LogP contribution in [0, 0.1) is 6.92 Å². The van der Waals surface area contributed by atoms with E-state index in [4.69, 9.17) is 0 Å². The summed E-state index contributed by atoms with van der Waals surface area (Å²) in [7, 11) is 1.54. The Morgan fingerprint density at radius 2 is 1.67 bits per heavy atom. The van der Waals surface area contributed by atoms with Gasteiger partial charge in [0.15, 0.2) is 0 Å². The molecule has 2 rings (SSSR count). The van der Waals surface area contributed by atoms with Crippen LogP contribution in [-0.2, 0) is 0 Å². The molecule has 2 aromatic rings. The lowest BCUT2D eigenvalue weighted by atomic mass is 10.1. The van der Waals surface area contributed by atoms with Crippen LogP contribution in [0.4, 0.5) is 16.2 Å². The highest BCUT2D eigenvalue weighted by Crippen LogP contribution is 2.21. The van der Waals surface area contributed by atoms with Crippen molar-refractivity contribution in [1.29, 1.82) is 0 Å². The first-order valence-electron chi connectivity index (χ1n) is 6.43. The van der Waals surface area contributed by atoms with E-state index >= 15 is 0 Å². The quantitative estimate of drug-likeness (QED) is 0.908. The van der Waals surface area contributed by atoms with Crippen molar-refractivity contribution in [3.63, 3.8) is 0 Å². The van der Waals surface area contributed by atoms with Crippen molar-refractivity contribution in [3.8, 4) is 0 Å². The summed E-state index contributed by atoms with van der Waals surface area (Å²) in [5, 5.41) is 11.9. The minimum absolute atomic E-state index is 0.0833. The van der Waals surface area contributed by atoms with Crippen LogP contribution >= 0.6 is 0 Å². The number of carboxylic acid groups (broad SMARTS) is 1. The molecule has 0 heterocycles. The fraction of sp³-hybridized carbons (Fsp3) is 0.125. The lowest BCUT2D eigenvalue weighted by molar-refractivity contribution is 0.0697. The van der Waals surface area contributed by atoms with Gasteiger partial charge in [-0.1, -0.05) is 30.3 Å². The molecule has 0 spiro atoms. The number of hydrogen-bond donors (Lipinski definition) is 2. The smallest absolute Gasteiger partial charge is 0.337 e. The number of hydrogen-bond acceptors (Lipinski definition) is 2. The number of nitrogens with zero attached hydrogens (tertiary/aromatic N) is 1. The molecule has 0 radical (unpaired) electrons. The van der Waals surface area contributed by atoms with Crippen molar-refractivity contribution in [1.82, 2.24) is 0 Å². The third-order valence-corrected chi connectivity index (χ3v) is 3.19. The highest BCUT2D eigenvalue weighted by molar-refractivity contribution is 6.06. The number of aryl methyl sites for hydroxylation is 1. The van der Waals surface area contributed by atoms with Crippen molar-refractivity contribution in [3.05, 3.63) is 59.7 Å². The molecule has 0 fully saturated rings. The van der Waals surface area contributed by atoms with Crippen LogP contribution in [0.25, 0.3) is 0 Å². The Bertz CT molecular complexity index is 683. The Kier molecular flexibility index (Phi) is 4.23. The van der Waals surface area contributed by atoms with E-state index < -0.39 is 12.0 Å². The predicted molar refractivity (Wildman–Crippen MR) is 82.0 cm³/mol. The molecule has 108 valence electrons. The summed E-state index contributed by atoms with van der Waals surface area (Å²) in [5.74, 6) is -1.07. The summed E-state index contributed by atoms with van der Waals surface area (Å²) in [6, 6.07) is 13.4. The average Bonchev–Trinajstić information content (AvgIpc) is 2.48. The van der Waals surface area contributed by atoms with Gasteiger partial charge in [-0.05, 0) is 30.7 Å². The number of anilines is 2. The molecule has 2 amide bonds. The fourth-order valence-corrected chi connectivity index (χ4v) is 1.97. The zero-order valence-corrected chi connectivity index (χ0v) is 11.8. The predicted octanol–water partition coefficient (Wildman–Crippen LogP) is 3.36. The van der Waals surface area contributed by atoms with Gasteiger partial charge in [-0.25, -0.2) is 9.59 Å². The second kappa shape index (κ2) is 6.09. The Morgan fingerprint density at radius 3 is 2.33 bits per heavy atom. The lowest BCUT2D eigenvalue weighted by Crippen LogP contribution is -2.32. The van der Waals surface area contributed by atoms with Crippen LogP contribution in [0.2, 0.25) is 0 Å². The van der Waals surface area contributed by atoms with Crippen molar-refractivity contribution in [2.75, 3.05) is 17.3 Å². The van der Waals surface area contributed by atoms with Crippen molar-refractivity contribution < 1.29 is 14.7 Å². The number of urea groups is 1. The van der Waals surface area contributed by atoms with Crippen molar-refractivity contribution >= 4 is 23.4 Å². The number of nitrogens with one attached hydrogen (secondary N) is 1. The number of aromatic carboxylic acids is 1. The van der Waals surface area contributed by atoms with Gasteiger partial charge in [-0.15, -0.1) is 0 Å². The summed E-state index contributed by atoms with van der Waals surface area (Å²) in [4.78, 5) is 24.8. The highest BCUT2D eigenvalue weighted by Gasteiger charge is 2.18. The Hall–Kier alpha value is -2.82. The Morgan fingerprint density at radius 1 is 1.05 bits per heavy atom. The molecule has 0 saturated heterocycles. The molecule has 5 nitrogen and oxygen atoms in total. The third kappa shape index (κ3) is 3.20. The van der Waals surface area contributed by atoms with E-state index in [9.17, 15) is 14.7 Å². The molecule has 5 heteroatoms. The number of carbonyl (C=O) groups excluding carboxylic acids is 1. The maximum absolute atomic E-state index is 12.3. The monoisotopic (exact) mass is 284 g/mol. The van der Waals surface area contributed by atoms with Gasteiger partial charge in [0.25, 0.3) is 0 Å². The topological polar surface area (TPSA) is 69.6 Å². The molecule has 21 heavy (non-hydrogen) atoms. The molecule has 0 aliphatic carbocycles. The number of carboxylic acids is 1. The lowest BCUT2D eigenvalue weighted by Gasteiger charge is -2.20. The Balaban J connectivity index is 2.24. The van der Waals surface area contributed by atoms with Crippen molar-refractivity contribution in [2.45, 2.75) is 6.92 Å². The number of carbonyl (C=O) groups is 2. The van der Waals surface area contributed by atoms with E-state index in [1.54, 1.807) is 24.3 Å². The van der Waals surface area contributed by atoms with Crippen LogP contribution in [0.5, 0.6) is 0 Å². The molecule has 2 N–H and O–H groups in total. The summed E-state index contributed by atoms with van der Waals surface area (Å²) >= 11 is 0. The molecule has 0 saturated carbocycles. The van der Waals surface area contributed by atoms with E-state index in [2.05, 4.69) is 5.32 Å². The first-order chi connectivity index (χ1) is 10.0. The normalized spacial score (nSPS) is 10.0. The molecular weight excluding hydrogens is 268 g/mol. The maximum Gasteiger partial charge on any atom is 0.337 e. The second-order valence-corrected chi connectivity index (χ2v) is 4.63. The first kappa shape index (κ1) is 14.6. The van der Waals surface area contributed by atoms with Gasteiger partial charge in [-0.3, -0.25) is 4.90 Å². The second-order valence-electron chi connectivity index (χ2n) is 4.63. The van der Waals surface area contributed by atoms with Crippen LogP contribution in [-0.4, -0.2) is 24.2 Å². The van der Waals surface area contributed by atoms with E-state index in [1.165, 1.54) is 18.0 Å². The molecule has 2 aromatic carbocycles. The van der Waals surface area contributed by atoms with E-state index in [0.717, 1.165) is 5.56 Å². The standard InChI is InChI=1S/C16H16N2O3/c1-11-7-3-5-9-13(11)17-16(21)18(2)14-10-6-4-8-12(14)15(19)20/h3-10H,1-2H3,(H,17,21)(H,19,20). The summed E-state index contributed by atoms with van der Waals surface area (Å²) in [6.07, 6.45) is 0. The van der Waals surface area contributed by atoms with Gasteiger partial charge < -0.3 is 10.4 Å². The third-order valence-electron chi connectivity index (χ3n) is 3.19. The van der Waals surface area contributed by atoms with Gasteiger partial charge in [0, 0.05) is 12.7 Å². The molecule has 0 unspecified atom stereocenters. The highest BCUT2D eigenvalue weighted by atomic mass is 16.4. The molecular formula is C16H16N2O3. The largest absolute Gasteiger partial charge is 0.478 e. The number of benzene rings is 2. The molecule has 0 bridgehead atoms. The number of para-hydroxylation sites is 2. The molecule has 0 aliphatic heterocycles. The fourth-order valence-electron chi connectivity index (χ4n) is 1.97. The van der Waals surface area contributed by atoms with Crippen LogP contribution in [0.15, 0.2) is 48.5 Å². The van der Waals surface area contributed by atoms with Crippen LogP contribution < -0.4 is 10.2 Å². The van der Waals surface area contributed by atoms with Gasteiger partial charge in [-0.2, -0.15) is 0 Å². The van der Waals surface area contributed by atoms with E-state index in [0.29, 0.717) is 11.4 Å². The van der Waals surface area contributed by atoms with Crippen molar-refractivity contribution in [2.24, 2.45) is 0 Å². The molecule has 0 aliphatic rings. The van der Waals surface area contributed by atoms with Gasteiger partial charge in [0.05, 0.1) is 11.3 Å². The summed E-state index contributed by atoms with van der Waals surface area (Å²) in [6.45, 7) is 1.89. The minimum Gasteiger partial charge on any atom is -0.478 e. The summed E-state index contributed by atoms with van der Waals surface area (Å²) in [5.41, 5.74) is 2.06. The maximum atomic E-state index is 12.3. The number of amides is 2. The molecule has 0 atom stereocenters. The van der Waals surface area contributed by atoms with Gasteiger partial charge in [0.2, 0.25) is 0 Å². The van der Waals surface area contributed by atoms with E-state index in [-0.39, 0.29) is 5.56 Å². The molecule has 0 aromatic heterocycles. The zero-order chi connectivity index (χ0) is 15.4. The average molecular weight is 284 g/mol. The number of rotatable bonds is 3. The van der Waals surface area contributed by atoms with Gasteiger partial charge >= 0.3 is 12.0 Å². The first-order valence-corrected chi connectivity index (χ1v) is 6.43.